The van der Waals surface area contributed by atoms with Gasteiger partial charge in [-0.05, 0) is 46.5 Å². The molecule has 0 aromatic heterocycles. The van der Waals surface area contributed by atoms with Crippen molar-refractivity contribution in [1.29, 1.82) is 0 Å². The molecule has 2 rings (SSSR count). The van der Waals surface area contributed by atoms with Crippen LogP contribution in [0.3, 0.4) is 0 Å². The Balaban J connectivity index is 2.19. The second kappa shape index (κ2) is 6.15. The summed E-state index contributed by atoms with van der Waals surface area (Å²) in [5.74, 6) is 0. The summed E-state index contributed by atoms with van der Waals surface area (Å²) in [5.41, 5.74) is 5.66. The van der Waals surface area contributed by atoms with E-state index in [0.717, 1.165) is 25.7 Å². The maximum Gasteiger partial charge on any atom is 0.408 e. The zero-order chi connectivity index (χ0) is 15.6. The van der Waals surface area contributed by atoms with Crippen LogP contribution in [0.25, 0.3) is 0 Å². The SMILES string of the molecule is CC(C)(C)OC(=O)NC1(C2(CN)CCCC2)CCCCC1. The van der Waals surface area contributed by atoms with E-state index in [2.05, 4.69) is 5.32 Å². The van der Waals surface area contributed by atoms with Gasteiger partial charge in [-0.2, -0.15) is 0 Å². The Hall–Kier alpha value is -0.770. The molecule has 0 aromatic carbocycles. The topological polar surface area (TPSA) is 64.3 Å². The molecule has 0 saturated heterocycles. The van der Waals surface area contributed by atoms with Gasteiger partial charge in [0.15, 0.2) is 0 Å². The summed E-state index contributed by atoms with van der Waals surface area (Å²) in [4.78, 5) is 12.4. The fraction of sp³-hybridized carbons (Fsp3) is 0.941. The largest absolute Gasteiger partial charge is 0.444 e. The summed E-state index contributed by atoms with van der Waals surface area (Å²) in [5, 5.41) is 3.28. The molecule has 2 saturated carbocycles. The first-order valence-corrected chi connectivity index (χ1v) is 8.54. The Bertz CT molecular complexity index is 361. The lowest BCUT2D eigenvalue weighted by molar-refractivity contribution is 0.0141. The van der Waals surface area contributed by atoms with Crippen LogP contribution in [0.4, 0.5) is 4.79 Å². The summed E-state index contributed by atoms with van der Waals surface area (Å²) < 4.78 is 5.52. The highest BCUT2D eigenvalue weighted by atomic mass is 16.6. The Labute approximate surface area is 129 Å². The van der Waals surface area contributed by atoms with Crippen molar-refractivity contribution >= 4 is 6.09 Å². The van der Waals surface area contributed by atoms with Gasteiger partial charge in [0.1, 0.15) is 5.60 Å². The minimum absolute atomic E-state index is 0.0737. The van der Waals surface area contributed by atoms with E-state index >= 15 is 0 Å². The Morgan fingerprint density at radius 3 is 2.05 bits per heavy atom. The molecule has 122 valence electrons. The van der Waals surface area contributed by atoms with Gasteiger partial charge in [-0.15, -0.1) is 0 Å². The van der Waals surface area contributed by atoms with Gasteiger partial charge in [0.05, 0.1) is 5.54 Å². The highest BCUT2D eigenvalue weighted by molar-refractivity contribution is 5.69. The average Bonchev–Trinajstić information content (AvgIpc) is 2.87. The van der Waals surface area contributed by atoms with Crippen molar-refractivity contribution in [3.05, 3.63) is 0 Å². The van der Waals surface area contributed by atoms with Crippen molar-refractivity contribution in [1.82, 2.24) is 5.32 Å². The molecule has 1 amide bonds. The van der Waals surface area contributed by atoms with Crippen LogP contribution in [-0.4, -0.2) is 23.8 Å². The third-order valence-electron chi connectivity index (χ3n) is 5.41. The predicted octanol–water partition coefficient (Wildman–Crippen LogP) is 3.73. The monoisotopic (exact) mass is 296 g/mol. The number of amides is 1. The third-order valence-corrected chi connectivity index (χ3v) is 5.41. The van der Waals surface area contributed by atoms with Crippen LogP contribution in [0.15, 0.2) is 0 Å². The van der Waals surface area contributed by atoms with Gasteiger partial charge in [-0.25, -0.2) is 4.79 Å². The lowest BCUT2D eigenvalue weighted by Crippen LogP contribution is -2.63. The van der Waals surface area contributed by atoms with E-state index in [0.29, 0.717) is 6.54 Å². The Kier molecular flexibility index (Phi) is 4.86. The highest BCUT2D eigenvalue weighted by Gasteiger charge is 2.53. The molecule has 2 fully saturated rings. The van der Waals surface area contributed by atoms with E-state index in [4.69, 9.17) is 10.5 Å². The molecule has 21 heavy (non-hydrogen) atoms. The molecule has 0 aliphatic heterocycles. The molecule has 4 heteroatoms. The van der Waals surface area contributed by atoms with Gasteiger partial charge >= 0.3 is 6.09 Å². The van der Waals surface area contributed by atoms with Gasteiger partial charge in [-0.3, -0.25) is 0 Å². The van der Waals surface area contributed by atoms with Crippen molar-refractivity contribution in [3.63, 3.8) is 0 Å². The predicted molar refractivity (Wildman–Crippen MR) is 85.1 cm³/mol. The van der Waals surface area contributed by atoms with E-state index in [1.54, 1.807) is 0 Å². The number of carbonyl (C=O) groups excluding carboxylic acids is 1. The van der Waals surface area contributed by atoms with Gasteiger partial charge in [0, 0.05) is 12.0 Å². The van der Waals surface area contributed by atoms with E-state index in [-0.39, 0.29) is 17.0 Å². The Morgan fingerprint density at radius 2 is 1.57 bits per heavy atom. The zero-order valence-corrected chi connectivity index (χ0v) is 14.0. The van der Waals surface area contributed by atoms with E-state index in [9.17, 15) is 4.79 Å². The zero-order valence-electron chi connectivity index (χ0n) is 14.0. The minimum Gasteiger partial charge on any atom is -0.444 e. The summed E-state index contributed by atoms with van der Waals surface area (Å²) in [6.07, 6.45) is 10.2. The first kappa shape index (κ1) is 16.6. The molecule has 0 atom stereocenters. The van der Waals surface area contributed by atoms with Gasteiger partial charge < -0.3 is 15.8 Å². The van der Waals surface area contributed by atoms with Gasteiger partial charge in [0.2, 0.25) is 0 Å². The number of nitrogens with two attached hydrogens (primary N) is 1. The van der Waals surface area contributed by atoms with Crippen LogP contribution in [0.5, 0.6) is 0 Å². The van der Waals surface area contributed by atoms with Crippen LogP contribution in [0, 0.1) is 5.41 Å². The molecule has 2 aliphatic carbocycles. The third kappa shape index (κ3) is 3.53. The normalized spacial score (nSPS) is 24.6. The van der Waals surface area contributed by atoms with Gasteiger partial charge in [-0.1, -0.05) is 32.1 Å². The minimum atomic E-state index is -0.453. The molecule has 2 aliphatic rings. The number of carbonyl (C=O) groups is 1. The lowest BCUT2D eigenvalue weighted by Gasteiger charge is -2.51. The number of hydrogen-bond acceptors (Lipinski definition) is 3. The first-order chi connectivity index (χ1) is 9.83. The van der Waals surface area contributed by atoms with Crippen molar-refractivity contribution < 1.29 is 9.53 Å². The quantitative estimate of drug-likeness (QED) is 0.834. The molecule has 0 unspecified atom stereocenters. The summed E-state index contributed by atoms with van der Waals surface area (Å²) in [6.45, 7) is 6.40. The molecule has 0 heterocycles. The average molecular weight is 296 g/mol. The standard InChI is InChI=1S/C17H32N2O2/c1-15(2,3)21-14(20)19-17(11-5-4-6-12-17)16(13-18)9-7-8-10-16/h4-13,18H2,1-3H3,(H,19,20). The van der Waals surface area contributed by atoms with E-state index in [1.165, 1.54) is 32.1 Å². The fourth-order valence-electron chi connectivity index (χ4n) is 4.37. The maximum atomic E-state index is 12.4. The molecule has 0 bridgehead atoms. The van der Waals surface area contributed by atoms with Crippen LogP contribution in [0.1, 0.15) is 78.6 Å². The summed E-state index contributed by atoms with van der Waals surface area (Å²) in [7, 11) is 0. The highest BCUT2D eigenvalue weighted by Crippen LogP contribution is 2.51. The van der Waals surface area contributed by atoms with E-state index in [1.807, 2.05) is 20.8 Å². The molecule has 3 N–H and O–H groups in total. The molecule has 0 radical (unpaired) electrons. The van der Waals surface area contributed by atoms with Crippen LogP contribution >= 0.6 is 0 Å². The molecule has 4 nitrogen and oxygen atoms in total. The number of alkyl carbamates (subject to hydrolysis) is 1. The lowest BCUT2D eigenvalue weighted by atomic mass is 9.61. The first-order valence-electron chi connectivity index (χ1n) is 8.54. The number of rotatable bonds is 3. The second-order valence-corrected chi connectivity index (χ2v) is 7.96. The van der Waals surface area contributed by atoms with Gasteiger partial charge in [0.25, 0.3) is 0 Å². The van der Waals surface area contributed by atoms with E-state index < -0.39 is 5.60 Å². The van der Waals surface area contributed by atoms with Crippen LogP contribution < -0.4 is 11.1 Å². The molecular weight excluding hydrogens is 264 g/mol. The van der Waals surface area contributed by atoms with Crippen molar-refractivity contribution in [3.8, 4) is 0 Å². The number of hydrogen-bond donors (Lipinski definition) is 2. The summed E-state index contributed by atoms with van der Waals surface area (Å²) >= 11 is 0. The van der Waals surface area contributed by atoms with Crippen molar-refractivity contribution in [2.75, 3.05) is 6.54 Å². The van der Waals surface area contributed by atoms with Crippen LogP contribution in [0.2, 0.25) is 0 Å². The molecule has 0 spiro atoms. The number of ether oxygens (including phenoxy) is 1. The fourth-order valence-corrected chi connectivity index (χ4v) is 4.37. The number of nitrogens with one attached hydrogen (secondary N) is 1. The Morgan fingerprint density at radius 1 is 1.05 bits per heavy atom. The summed E-state index contributed by atoms with van der Waals surface area (Å²) in [6, 6.07) is 0. The second-order valence-electron chi connectivity index (χ2n) is 7.96. The smallest absolute Gasteiger partial charge is 0.408 e. The van der Waals surface area contributed by atoms with Crippen molar-refractivity contribution in [2.45, 2.75) is 89.7 Å². The van der Waals surface area contributed by atoms with Crippen LogP contribution in [-0.2, 0) is 4.74 Å². The molecule has 0 aromatic rings. The van der Waals surface area contributed by atoms with Crippen molar-refractivity contribution in [2.24, 2.45) is 11.1 Å². The maximum absolute atomic E-state index is 12.4. The molecular formula is C17H32N2O2.